The first-order valence-corrected chi connectivity index (χ1v) is 9.38. The van der Waals surface area contributed by atoms with Crippen molar-refractivity contribution < 1.29 is 14.3 Å². The number of carbonyl (C=O) groups is 2. The number of amides is 2. The number of piperazine rings is 1. The van der Waals surface area contributed by atoms with Crippen molar-refractivity contribution in [1.82, 2.24) is 9.88 Å². The predicted octanol–water partition coefficient (Wildman–Crippen LogP) is 2.57. The normalized spacial score (nSPS) is 17.5. The van der Waals surface area contributed by atoms with Gasteiger partial charge < -0.3 is 14.5 Å². The number of hydrogen-bond acceptors (Lipinski definition) is 5. The number of benzene rings is 1. The molecule has 26 heavy (non-hydrogen) atoms. The Balaban J connectivity index is 1.75. The molecule has 6 nitrogen and oxygen atoms in total. The Hall–Kier alpha value is -2.41. The number of anilines is 1. The molecule has 1 aliphatic heterocycles. The summed E-state index contributed by atoms with van der Waals surface area (Å²) in [7, 11) is 1.59. The van der Waals surface area contributed by atoms with Crippen LogP contribution in [0.4, 0.5) is 5.69 Å². The summed E-state index contributed by atoms with van der Waals surface area (Å²) in [6.07, 6.45) is 0.295. The Kier molecular flexibility index (Phi) is 5.27. The zero-order chi connectivity index (χ0) is 18.8. The van der Waals surface area contributed by atoms with Gasteiger partial charge in [0.15, 0.2) is 0 Å². The molecule has 1 aliphatic rings. The van der Waals surface area contributed by atoms with E-state index in [9.17, 15) is 9.59 Å². The van der Waals surface area contributed by atoms with Crippen molar-refractivity contribution in [3.8, 4) is 5.75 Å². The Morgan fingerprint density at radius 3 is 2.73 bits per heavy atom. The fourth-order valence-corrected chi connectivity index (χ4v) is 4.18. The maximum absolute atomic E-state index is 12.8. The first kappa shape index (κ1) is 18.4. The molecule has 0 saturated carbocycles. The van der Waals surface area contributed by atoms with Gasteiger partial charge in [-0.2, -0.15) is 0 Å². The van der Waals surface area contributed by atoms with E-state index in [2.05, 4.69) is 4.98 Å². The molecule has 1 saturated heterocycles. The van der Waals surface area contributed by atoms with Crippen LogP contribution in [0.2, 0.25) is 0 Å². The van der Waals surface area contributed by atoms with Crippen LogP contribution in [0.15, 0.2) is 24.3 Å². The molecular weight excluding hydrogens is 350 g/mol. The van der Waals surface area contributed by atoms with E-state index < -0.39 is 0 Å². The Morgan fingerprint density at radius 2 is 2.08 bits per heavy atom. The van der Waals surface area contributed by atoms with E-state index in [4.69, 9.17) is 4.74 Å². The molecule has 0 N–H and O–H groups in total. The number of nitrogens with zero attached hydrogens (tertiary/aromatic N) is 3. The highest BCUT2D eigenvalue weighted by Crippen LogP contribution is 2.30. The standard InChI is InChI=1S/C19H23N3O3S/c1-12-10-22(15-7-5-6-8-16(15)25-4)19(24)11-21(12)18(23)9-17-13(2)20-14(3)26-17/h5-8,12H,9-11H2,1-4H3/t12-/m0/s1. The van der Waals surface area contributed by atoms with Crippen molar-refractivity contribution in [2.45, 2.75) is 33.2 Å². The highest BCUT2D eigenvalue weighted by molar-refractivity contribution is 7.11. The summed E-state index contributed by atoms with van der Waals surface area (Å²) in [5.74, 6) is 0.527. The van der Waals surface area contributed by atoms with Gasteiger partial charge in [-0.1, -0.05) is 12.1 Å². The molecular formula is C19H23N3O3S. The van der Waals surface area contributed by atoms with Crippen LogP contribution in [0.3, 0.4) is 0 Å². The van der Waals surface area contributed by atoms with Gasteiger partial charge in [-0.3, -0.25) is 9.59 Å². The fraction of sp³-hybridized carbons (Fsp3) is 0.421. The topological polar surface area (TPSA) is 62.7 Å². The van der Waals surface area contributed by atoms with E-state index in [-0.39, 0.29) is 24.4 Å². The smallest absolute Gasteiger partial charge is 0.246 e. The molecule has 2 amide bonds. The highest BCUT2D eigenvalue weighted by Gasteiger charge is 2.34. The van der Waals surface area contributed by atoms with Gasteiger partial charge in [0.25, 0.3) is 0 Å². The summed E-state index contributed by atoms with van der Waals surface area (Å²) >= 11 is 1.54. The van der Waals surface area contributed by atoms with Crippen molar-refractivity contribution >= 4 is 28.8 Å². The maximum Gasteiger partial charge on any atom is 0.246 e. The van der Waals surface area contributed by atoms with Crippen LogP contribution < -0.4 is 9.64 Å². The van der Waals surface area contributed by atoms with Gasteiger partial charge in [-0.25, -0.2) is 4.98 Å². The van der Waals surface area contributed by atoms with Crippen LogP contribution in [0.5, 0.6) is 5.75 Å². The monoisotopic (exact) mass is 373 g/mol. The van der Waals surface area contributed by atoms with Crippen LogP contribution in [0.25, 0.3) is 0 Å². The van der Waals surface area contributed by atoms with Gasteiger partial charge in [-0.15, -0.1) is 11.3 Å². The zero-order valence-corrected chi connectivity index (χ0v) is 16.3. The lowest BCUT2D eigenvalue weighted by molar-refractivity contribution is -0.138. The molecule has 138 valence electrons. The molecule has 2 aromatic rings. The number of carbonyl (C=O) groups excluding carboxylic acids is 2. The quantitative estimate of drug-likeness (QED) is 0.826. The molecule has 3 rings (SSSR count). The zero-order valence-electron chi connectivity index (χ0n) is 15.5. The van der Waals surface area contributed by atoms with Gasteiger partial charge in [0.1, 0.15) is 12.3 Å². The lowest BCUT2D eigenvalue weighted by Crippen LogP contribution is -2.57. The first-order chi connectivity index (χ1) is 12.4. The van der Waals surface area contributed by atoms with Crippen molar-refractivity contribution in [1.29, 1.82) is 0 Å². The van der Waals surface area contributed by atoms with Gasteiger partial charge in [0.05, 0.1) is 29.9 Å². The maximum atomic E-state index is 12.8. The predicted molar refractivity (Wildman–Crippen MR) is 102 cm³/mol. The second-order valence-electron chi connectivity index (χ2n) is 6.47. The Labute approximate surface area is 157 Å². The Morgan fingerprint density at radius 1 is 1.35 bits per heavy atom. The van der Waals surface area contributed by atoms with E-state index in [1.807, 2.05) is 45.0 Å². The average molecular weight is 373 g/mol. The lowest BCUT2D eigenvalue weighted by atomic mass is 10.1. The van der Waals surface area contributed by atoms with Crippen LogP contribution >= 0.6 is 11.3 Å². The number of ether oxygens (including phenoxy) is 1. The Bertz CT molecular complexity index is 833. The van der Waals surface area contributed by atoms with E-state index in [1.54, 1.807) is 28.2 Å². The summed E-state index contributed by atoms with van der Waals surface area (Å²) in [5.41, 5.74) is 1.64. The molecule has 0 radical (unpaired) electrons. The van der Waals surface area contributed by atoms with Crippen molar-refractivity contribution in [2.24, 2.45) is 0 Å². The third-order valence-corrected chi connectivity index (χ3v) is 5.67. The number of aromatic nitrogens is 1. The SMILES string of the molecule is COc1ccccc1N1C[C@H](C)N(C(=O)Cc2sc(C)nc2C)CC1=O. The van der Waals surface area contributed by atoms with Gasteiger partial charge >= 0.3 is 0 Å². The molecule has 1 aromatic heterocycles. The number of thiazole rings is 1. The third-order valence-electron chi connectivity index (χ3n) is 4.59. The minimum Gasteiger partial charge on any atom is -0.495 e. The van der Waals surface area contributed by atoms with E-state index in [0.717, 1.165) is 21.3 Å². The molecule has 0 aliphatic carbocycles. The van der Waals surface area contributed by atoms with Crippen LogP contribution in [0.1, 0.15) is 22.5 Å². The molecule has 1 aromatic carbocycles. The molecule has 2 heterocycles. The van der Waals surface area contributed by atoms with Gasteiger partial charge in [0, 0.05) is 17.5 Å². The largest absolute Gasteiger partial charge is 0.495 e. The molecule has 0 bridgehead atoms. The minimum atomic E-state index is -0.0989. The fourth-order valence-electron chi connectivity index (χ4n) is 3.25. The van der Waals surface area contributed by atoms with Crippen LogP contribution in [0, 0.1) is 13.8 Å². The summed E-state index contributed by atoms with van der Waals surface area (Å²) in [4.78, 5) is 34.2. The van der Waals surface area contributed by atoms with Gasteiger partial charge in [0.2, 0.25) is 11.8 Å². The molecule has 1 atom stereocenters. The number of rotatable bonds is 4. The minimum absolute atomic E-state index is 0.0303. The van der Waals surface area contributed by atoms with Gasteiger partial charge in [-0.05, 0) is 32.9 Å². The van der Waals surface area contributed by atoms with Crippen LogP contribution in [-0.2, 0) is 16.0 Å². The highest BCUT2D eigenvalue weighted by atomic mass is 32.1. The number of aryl methyl sites for hydroxylation is 2. The van der Waals surface area contributed by atoms with E-state index in [0.29, 0.717) is 18.7 Å². The molecule has 7 heteroatoms. The second-order valence-corrected chi connectivity index (χ2v) is 7.75. The molecule has 1 fully saturated rings. The van der Waals surface area contributed by atoms with E-state index >= 15 is 0 Å². The van der Waals surface area contributed by atoms with E-state index in [1.165, 1.54) is 0 Å². The van der Waals surface area contributed by atoms with Crippen LogP contribution in [-0.4, -0.2) is 47.9 Å². The summed E-state index contributed by atoms with van der Waals surface area (Å²) in [6, 6.07) is 7.38. The summed E-state index contributed by atoms with van der Waals surface area (Å²) in [5, 5.41) is 0.954. The summed E-state index contributed by atoms with van der Waals surface area (Å²) in [6.45, 7) is 6.35. The number of hydrogen-bond donors (Lipinski definition) is 0. The first-order valence-electron chi connectivity index (χ1n) is 8.56. The molecule has 0 unspecified atom stereocenters. The third kappa shape index (κ3) is 3.58. The number of methoxy groups -OCH3 is 1. The second kappa shape index (κ2) is 7.45. The van der Waals surface area contributed by atoms with Crippen molar-refractivity contribution in [3.63, 3.8) is 0 Å². The lowest BCUT2D eigenvalue weighted by Gasteiger charge is -2.39. The van der Waals surface area contributed by atoms with Crippen molar-refractivity contribution in [2.75, 3.05) is 25.1 Å². The van der Waals surface area contributed by atoms with Crippen molar-refractivity contribution in [3.05, 3.63) is 39.8 Å². The summed E-state index contributed by atoms with van der Waals surface area (Å²) < 4.78 is 5.37. The average Bonchev–Trinajstić information content (AvgIpc) is 2.93. The molecule has 0 spiro atoms. The number of para-hydroxylation sites is 2.